The Morgan fingerprint density at radius 3 is 2.68 bits per heavy atom. The van der Waals surface area contributed by atoms with Crippen molar-refractivity contribution < 1.29 is 13.2 Å². The first-order chi connectivity index (χ1) is 8.88. The Labute approximate surface area is 109 Å². The molecule has 0 atom stereocenters. The Hall–Kier alpha value is -1.72. The number of nitrogens with two attached hydrogens (primary N) is 1. The van der Waals surface area contributed by atoms with Crippen LogP contribution in [0.4, 0.5) is 13.2 Å². The lowest BCUT2D eigenvalue weighted by molar-refractivity contribution is -0.137. The zero-order chi connectivity index (χ0) is 14.0. The highest BCUT2D eigenvalue weighted by molar-refractivity contribution is 5.78. The normalized spacial score (nSPS) is 16.5. The van der Waals surface area contributed by atoms with Gasteiger partial charge in [0.25, 0.3) is 0 Å². The number of hydrogen-bond acceptors (Lipinski definition) is 1. The van der Waals surface area contributed by atoms with Crippen molar-refractivity contribution in [2.75, 3.05) is 7.05 Å². The largest absolute Gasteiger partial charge is 0.416 e. The van der Waals surface area contributed by atoms with Gasteiger partial charge in [-0.05, 0) is 30.5 Å². The summed E-state index contributed by atoms with van der Waals surface area (Å²) in [6.45, 7) is 0.160. The molecule has 0 heterocycles. The highest BCUT2D eigenvalue weighted by atomic mass is 19.4. The van der Waals surface area contributed by atoms with Gasteiger partial charge in [0.2, 0.25) is 0 Å². The van der Waals surface area contributed by atoms with Crippen molar-refractivity contribution in [3.05, 3.63) is 35.4 Å². The van der Waals surface area contributed by atoms with Crippen molar-refractivity contribution in [1.82, 2.24) is 4.90 Å². The van der Waals surface area contributed by atoms with Gasteiger partial charge in [-0.3, -0.25) is 0 Å². The summed E-state index contributed by atoms with van der Waals surface area (Å²) < 4.78 is 37.6. The summed E-state index contributed by atoms with van der Waals surface area (Å²) in [4.78, 5) is 6.00. The monoisotopic (exact) mass is 271 g/mol. The molecule has 0 bridgehead atoms. The second-order valence-corrected chi connectivity index (χ2v) is 4.71. The molecule has 1 saturated carbocycles. The average molecular weight is 271 g/mol. The predicted octanol–water partition coefficient (Wildman–Crippen LogP) is 2.61. The third-order valence-electron chi connectivity index (χ3n) is 3.13. The third kappa shape index (κ3) is 3.62. The molecule has 0 aliphatic heterocycles. The first-order valence-corrected chi connectivity index (χ1v) is 6.07. The van der Waals surface area contributed by atoms with Gasteiger partial charge in [-0.25, -0.2) is 4.99 Å². The van der Waals surface area contributed by atoms with Gasteiger partial charge in [0.15, 0.2) is 5.96 Å². The topological polar surface area (TPSA) is 41.6 Å². The van der Waals surface area contributed by atoms with Crippen LogP contribution in [0.2, 0.25) is 0 Å². The molecule has 1 aliphatic carbocycles. The summed E-state index contributed by atoms with van der Waals surface area (Å²) in [6, 6.07) is 5.59. The molecule has 2 rings (SSSR count). The predicted molar refractivity (Wildman–Crippen MR) is 67.6 cm³/mol. The minimum absolute atomic E-state index is 0.160. The van der Waals surface area contributed by atoms with Crippen LogP contribution in [0.1, 0.15) is 24.0 Å². The molecule has 104 valence electrons. The first kappa shape index (κ1) is 13.7. The molecule has 0 saturated heterocycles. The van der Waals surface area contributed by atoms with Crippen molar-refractivity contribution in [2.45, 2.75) is 31.6 Å². The van der Waals surface area contributed by atoms with Gasteiger partial charge < -0.3 is 10.6 Å². The molecule has 1 aliphatic rings. The van der Waals surface area contributed by atoms with E-state index in [4.69, 9.17) is 5.73 Å². The van der Waals surface area contributed by atoms with Crippen LogP contribution in [0.3, 0.4) is 0 Å². The number of guanidine groups is 1. The van der Waals surface area contributed by atoms with E-state index in [1.165, 1.54) is 6.07 Å². The lowest BCUT2D eigenvalue weighted by Crippen LogP contribution is -2.35. The second kappa shape index (κ2) is 5.11. The molecule has 0 radical (unpaired) electrons. The average Bonchev–Trinajstić information content (AvgIpc) is 3.18. The molecule has 0 aromatic heterocycles. The number of aliphatic imine (C=N–C) groups is 1. The molecule has 1 fully saturated rings. The first-order valence-electron chi connectivity index (χ1n) is 6.07. The van der Waals surface area contributed by atoms with Crippen LogP contribution in [-0.2, 0) is 12.7 Å². The SMILES string of the molecule is CN(C(N)=NCc1cccc(C(F)(F)F)c1)C1CC1. The summed E-state index contributed by atoms with van der Waals surface area (Å²) in [5, 5.41) is 0. The molecule has 0 unspecified atom stereocenters. The van der Waals surface area contributed by atoms with Gasteiger partial charge in [-0.15, -0.1) is 0 Å². The molecule has 2 N–H and O–H groups in total. The summed E-state index contributed by atoms with van der Waals surface area (Å²) in [5.74, 6) is 0.375. The van der Waals surface area contributed by atoms with E-state index < -0.39 is 11.7 Å². The molecular weight excluding hydrogens is 255 g/mol. The van der Waals surface area contributed by atoms with E-state index in [-0.39, 0.29) is 6.54 Å². The van der Waals surface area contributed by atoms with Crippen LogP contribution in [0.15, 0.2) is 29.3 Å². The third-order valence-corrected chi connectivity index (χ3v) is 3.13. The zero-order valence-corrected chi connectivity index (χ0v) is 10.6. The fourth-order valence-corrected chi connectivity index (χ4v) is 1.78. The molecule has 0 spiro atoms. The molecule has 3 nitrogen and oxygen atoms in total. The van der Waals surface area contributed by atoms with E-state index in [1.54, 1.807) is 6.07 Å². The molecule has 6 heteroatoms. The highest BCUT2D eigenvalue weighted by Crippen LogP contribution is 2.29. The van der Waals surface area contributed by atoms with Crippen LogP contribution in [0.5, 0.6) is 0 Å². The summed E-state index contributed by atoms with van der Waals surface area (Å²) in [7, 11) is 1.85. The molecular formula is C13H16F3N3. The van der Waals surface area contributed by atoms with Gasteiger partial charge in [-0.1, -0.05) is 12.1 Å². The summed E-state index contributed by atoms with van der Waals surface area (Å²) in [5.41, 5.74) is 5.63. The van der Waals surface area contributed by atoms with E-state index in [0.717, 1.165) is 25.0 Å². The van der Waals surface area contributed by atoms with Crippen LogP contribution in [0, 0.1) is 0 Å². The summed E-state index contributed by atoms with van der Waals surface area (Å²) in [6.07, 6.45) is -2.14. The smallest absolute Gasteiger partial charge is 0.370 e. The number of halogens is 3. The standard InChI is InChI=1S/C13H16F3N3/c1-19(11-5-6-11)12(17)18-8-9-3-2-4-10(7-9)13(14,15)16/h2-4,7,11H,5-6,8H2,1H3,(H2,17,18). The second-order valence-electron chi connectivity index (χ2n) is 4.71. The van der Waals surface area contributed by atoms with E-state index in [1.807, 2.05) is 11.9 Å². The highest BCUT2D eigenvalue weighted by Gasteiger charge is 2.30. The number of benzene rings is 1. The Bertz CT molecular complexity index is 478. The van der Waals surface area contributed by atoms with Crippen molar-refractivity contribution in [3.63, 3.8) is 0 Å². The van der Waals surface area contributed by atoms with Gasteiger partial charge in [0.05, 0.1) is 12.1 Å². The number of hydrogen-bond donors (Lipinski definition) is 1. The Morgan fingerprint density at radius 2 is 2.11 bits per heavy atom. The van der Waals surface area contributed by atoms with E-state index in [2.05, 4.69) is 4.99 Å². The minimum Gasteiger partial charge on any atom is -0.370 e. The zero-order valence-electron chi connectivity index (χ0n) is 10.6. The van der Waals surface area contributed by atoms with Crippen molar-refractivity contribution in [2.24, 2.45) is 10.7 Å². The fraction of sp³-hybridized carbons (Fsp3) is 0.462. The molecule has 19 heavy (non-hydrogen) atoms. The number of rotatable bonds is 3. The Kier molecular flexibility index (Phi) is 3.68. The maximum absolute atomic E-state index is 12.5. The van der Waals surface area contributed by atoms with Gasteiger partial charge in [0, 0.05) is 13.1 Å². The van der Waals surface area contributed by atoms with Crippen molar-refractivity contribution in [3.8, 4) is 0 Å². The number of nitrogens with zero attached hydrogens (tertiary/aromatic N) is 2. The van der Waals surface area contributed by atoms with Gasteiger partial charge >= 0.3 is 6.18 Å². The van der Waals surface area contributed by atoms with E-state index in [9.17, 15) is 13.2 Å². The molecule has 1 aromatic rings. The number of alkyl halides is 3. The maximum Gasteiger partial charge on any atom is 0.416 e. The molecule has 0 amide bonds. The van der Waals surface area contributed by atoms with E-state index in [0.29, 0.717) is 17.6 Å². The Morgan fingerprint density at radius 1 is 1.42 bits per heavy atom. The van der Waals surface area contributed by atoms with Crippen molar-refractivity contribution in [1.29, 1.82) is 0 Å². The van der Waals surface area contributed by atoms with Crippen LogP contribution in [0.25, 0.3) is 0 Å². The van der Waals surface area contributed by atoms with Crippen LogP contribution >= 0.6 is 0 Å². The summed E-state index contributed by atoms with van der Waals surface area (Å²) >= 11 is 0. The Balaban J connectivity index is 2.04. The minimum atomic E-state index is -4.32. The lowest BCUT2D eigenvalue weighted by Gasteiger charge is -2.16. The van der Waals surface area contributed by atoms with Crippen LogP contribution in [-0.4, -0.2) is 23.9 Å². The molecule has 1 aromatic carbocycles. The quantitative estimate of drug-likeness (QED) is 0.678. The maximum atomic E-state index is 12.5. The van der Waals surface area contributed by atoms with E-state index >= 15 is 0 Å². The fourth-order valence-electron chi connectivity index (χ4n) is 1.78. The van der Waals surface area contributed by atoms with Gasteiger partial charge in [-0.2, -0.15) is 13.2 Å². The van der Waals surface area contributed by atoms with Gasteiger partial charge in [0.1, 0.15) is 0 Å². The lowest BCUT2D eigenvalue weighted by atomic mass is 10.1. The van der Waals surface area contributed by atoms with Crippen LogP contribution < -0.4 is 5.73 Å². The van der Waals surface area contributed by atoms with Crippen molar-refractivity contribution >= 4 is 5.96 Å².